The average Bonchev–Trinajstić information content (AvgIpc) is 2.51. The first kappa shape index (κ1) is 21.0. The highest BCUT2D eigenvalue weighted by Gasteiger charge is 2.18. The predicted molar refractivity (Wildman–Crippen MR) is 106 cm³/mol. The zero-order valence-corrected chi connectivity index (χ0v) is 16.9. The van der Waals surface area contributed by atoms with Gasteiger partial charge in [-0.25, -0.2) is 0 Å². The highest BCUT2D eigenvalue weighted by Crippen LogP contribution is 2.30. The Labute approximate surface area is 157 Å². The van der Waals surface area contributed by atoms with Gasteiger partial charge in [-0.1, -0.05) is 43.1 Å². The van der Waals surface area contributed by atoms with E-state index in [0.29, 0.717) is 24.5 Å². The molecule has 2 aromatic rings. The first-order chi connectivity index (χ1) is 11.0. The molecule has 0 aliphatic carbocycles. The molecule has 0 spiro atoms. The van der Waals surface area contributed by atoms with Crippen LogP contribution in [0.5, 0.6) is 5.75 Å². The average molecular weight is 418 g/mol. The molecule has 0 fully saturated rings. The molecule has 0 aliphatic heterocycles. The second kappa shape index (κ2) is 9.44. The number of nitrogens with zero attached hydrogens (tertiary/aromatic N) is 1. The van der Waals surface area contributed by atoms with Gasteiger partial charge in [0.1, 0.15) is 5.75 Å². The lowest BCUT2D eigenvalue weighted by atomic mass is 10.1. The minimum absolute atomic E-state index is 0. The van der Waals surface area contributed by atoms with Crippen molar-refractivity contribution in [2.45, 2.75) is 46.7 Å². The monoisotopic (exact) mass is 416 g/mol. The number of halogens is 2. The highest BCUT2D eigenvalue weighted by atomic mass is 79.9. The number of hydrogen-bond acceptors (Lipinski definition) is 3. The zero-order valence-electron chi connectivity index (χ0n) is 14.5. The summed E-state index contributed by atoms with van der Waals surface area (Å²) in [7, 11) is 0. The Balaban J connectivity index is 0.00000288. The molecule has 0 radical (unpaired) electrons. The molecule has 1 heterocycles. The van der Waals surface area contributed by atoms with Gasteiger partial charge < -0.3 is 15.0 Å². The summed E-state index contributed by atoms with van der Waals surface area (Å²) in [6.07, 6.45) is 2.04. The van der Waals surface area contributed by atoms with Crippen LogP contribution in [-0.4, -0.2) is 11.2 Å². The first-order valence-electron chi connectivity index (χ1n) is 8.17. The van der Waals surface area contributed by atoms with Crippen LogP contribution >= 0.6 is 28.3 Å². The van der Waals surface area contributed by atoms with Gasteiger partial charge in [-0.15, -0.1) is 12.4 Å². The second-order valence-electron chi connectivity index (χ2n) is 6.18. The fraction of sp³-hybridized carbons (Fsp3) is 0.500. The first-order valence-corrected chi connectivity index (χ1v) is 8.96. The molecular formula is C18H26BrClN2O2. The number of fused-ring (bicyclic) bond motifs is 1. The summed E-state index contributed by atoms with van der Waals surface area (Å²) in [4.78, 5) is 12.9. The molecule has 1 aromatic carbocycles. The summed E-state index contributed by atoms with van der Waals surface area (Å²) in [5.74, 6) is 1.10. The summed E-state index contributed by atoms with van der Waals surface area (Å²) in [6, 6.07) is 5.68. The maximum Gasteiger partial charge on any atom is 0.258 e. The standard InChI is InChI=1S/C18H25BrN2O2.ClH/c1-4-5-8-23-17-15-9-13(19)6-7-14(15)18(22)21(11-12(2)3)16(17)10-20;/h6-7,9,12H,4-5,8,10-11,20H2,1-3H3;1H. The van der Waals surface area contributed by atoms with Gasteiger partial charge in [0.2, 0.25) is 0 Å². The van der Waals surface area contributed by atoms with Crippen molar-refractivity contribution < 1.29 is 4.74 Å². The largest absolute Gasteiger partial charge is 0.491 e. The lowest BCUT2D eigenvalue weighted by molar-refractivity contribution is 0.304. The Morgan fingerprint density at radius 3 is 2.58 bits per heavy atom. The Morgan fingerprint density at radius 2 is 2.00 bits per heavy atom. The van der Waals surface area contributed by atoms with Crippen molar-refractivity contribution in [1.29, 1.82) is 0 Å². The second-order valence-corrected chi connectivity index (χ2v) is 7.10. The minimum atomic E-state index is 0. The fourth-order valence-corrected chi connectivity index (χ4v) is 3.04. The van der Waals surface area contributed by atoms with Crippen molar-refractivity contribution in [2.24, 2.45) is 11.7 Å². The van der Waals surface area contributed by atoms with Crippen LogP contribution in [0, 0.1) is 5.92 Å². The molecule has 1 aromatic heterocycles. The van der Waals surface area contributed by atoms with Crippen molar-refractivity contribution in [3.8, 4) is 5.75 Å². The van der Waals surface area contributed by atoms with Gasteiger partial charge in [0.05, 0.1) is 17.7 Å². The van der Waals surface area contributed by atoms with E-state index in [1.165, 1.54) is 0 Å². The van der Waals surface area contributed by atoms with Crippen molar-refractivity contribution in [1.82, 2.24) is 4.57 Å². The number of hydrogen-bond donors (Lipinski definition) is 1. The van der Waals surface area contributed by atoms with Crippen LogP contribution in [0.1, 0.15) is 39.3 Å². The maximum atomic E-state index is 12.9. The normalized spacial score (nSPS) is 10.9. The molecule has 134 valence electrons. The van der Waals surface area contributed by atoms with E-state index in [-0.39, 0.29) is 24.5 Å². The lowest BCUT2D eigenvalue weighted by Gasteiger charge is -2.20. The van der Waals surface area contributed by atoms with Crippen LogP contribution in [0.25, 0.3) is 10.8 Å². The lowest BCUT2D eigenvalue weighted by Crippen LogP contribution is -2.28. The Kier molecular flexibility index (Phi) is 8.27. The van der Waals surface area contributed by atoms with Gasteiger partial charge in [0.15, 0.2) is 0 Å². The SMILES string of the molecule is CCCCOc1c(CN)n(CC(C)C)c(=O)c2ccc(Br)cc12.Cl. The molecule has 6 heteroatoms. The highest BCUT2D eigenvalue weighted by molar-refractivity contribution is 9.10. The molecule has 0 saturated carbocycles. The number of nitrogens with two attached hydrogens (primary N) is 1. The fourth-order valence-electron chi connectivity index (χ4n) is 2.68. The Bertz CT molecular complexity index is 744. The Hall–Kier alpha value is -1.04. The maximum absolute atomic E-state index is 12.9. The van der Waals surface area contributed by atoms with Crippen molar-refractivity contribution in [3.63, 3.8) is 0 Å². The molecule has 0 saturated heterocycles. The van der Waals surface area contributed by atoms with Gasteiger partial charge in [-0.3, -0.25) is 4.79 Å². The molecular weight excluding hydrogens is 392 g/mol. The van der Waals surface area contributed by atoms with Crippen LogP contribution in [0.15, 0.2) is 27.5 Å². The molecule has 0 unspecified atom stereocenters. The molecule has 24 heavy (non-hydrogen) atoms. The van der Waals surface area contributed by atoms with Crippen molar-refractivity contribution in [2.75, 3.05) is 6.61 Å². The van der Waals surface area contributed by atoms with E-state index in [0.717, 1.165) is 34.1 Å². The number of benzene rings is 1. The van der Waals surface area contributed by atoms with Gasteiger partial charge in [-0.05, 0) is 30.5 Å². The minimum Gasteiger partial charge on any atom is -0.491 e. The van der Waals surface area contributed by atoms with Crippen molar-refractivity contribution >= 4 is 39.1 Å². The van der Waals surface area contributed by atoms with Crippen LogP contribution in [0.4, 0.5) is 0 Å². The van der Waals surface area contributed by atoms with Gasteiger partial charge in [0, 0.05) is 22.9 Å². The molecule has 4 nitrogen and oxygen atoms in total. The molecule has 2 N–H and O–H groups in total. The molecule has 0 aliphatic rings. The van der Waals surface area contributed by atoms with E-state index >= 15 is 0 Å². The number of ether oxygens (including phenoxy) is 1. The molecule has 0 bridgehead atoms. The smallest absolute Gasteiger partial charge is 0.258 e. The van der Waals surface area contributed by atoms with Gasteiger partial charge >= 0.3 is 0 Å². The third-order valence-corrected chi connectivity index (χ3v) is 4.27. The number of unbranched alkanes of at least 4 members (excludes halogenated alkanes) is 1. The summed E-state index contributed by atoms with van der Waals surface area (Å²) in [5, 5.41) is 1.51. The quantitative estimate of drug-likeness (QED) is 0.676. The van der Waals surface area contributed by atoms with Crippen molar-refractivity contribution in [3.05, 3.63) is 38.7 Å². The van der Waals surface area contributed by atoms with E-state index in [4.69, 9.17) is 10.5 Å². The van der Waals surface area contributed by atoms with Gasteiger partial charge in [0.25, 0.3) is 5.56 Å². The van der Waals surface area contributed by atoms with E-state index in [1.54, 1.807) is 4.57 Å². The number of rotatable bonds is 7. The van der Waals surface area contributed by atoms with E-state index < -0.39 is 0 Å². The molecule has 0 amide bonds. The summed E-state index contributed by atoms with van der Waals surface area (Å²) in [6.45, 7) is 7.87. The number of aromatic nitrogens is 1. The predicted octanol–water partition coefficient (Wildman–Crippen LogP) is 4.48. The topological polar surface area (TPSA) is 57.2 Å². The van der Waals surface area contributed by atoms with Crippen LogP contribution in [0.3, 0.4) is 0 Å². The van der Waals surface area contributed by atoms with Gasteiger partial charge in [-0.2, -0.15) is 0 Å². The zero-order chi connectivity index (χ0) is 17.0. The molecule has 2 rings (SSSR count). The summed E-state index contributed by atoms with van der Waals surface area (Å²) in [5.41, 5.74) is 6.76. The third-order valence-electron chi connectivity index (χ3n) is 3.78. The van der Waals surface area contributed by atoms with Crippen LogP contribution < -0.4 is 16.0 Å². The molecule has 0 atom stereocenters. The summed E-state index contributed by atoms with van der Waals surface area (Å²) >= 11 is 3.48. The van der Waals surface area contributed by atoms with E-state index in [9.17, 15) is 4.79 Å². The Morgan fingerprint density at radius 1 is 1.29 bits per heavy atom. The number of pyridine rings is 1. The van der Waals surface area contributed by atoms with Crippen LogP contribution in [0.2, 0.25) is 0 Å². The third kappa shape index (κ3) is 4.52. The van der Waals surface area contributed by atoms with Crippen LogP contribution in [-0.2, 0) is 13.1 Å². The van der Waals surface area contributed by atoms with E-state index in [2.05, 4.69) is 36.7 Å². The van der Waals surface area contributed by atoms with E-state index in [1.807, 2.05) is 18.2 Å². The summed E-state index contributed by atoms with van der Waals surface area (Å²) < 4.78 is 8.76.